The van der Waals surface area contributed by atoms with Crippen molar-refractivity contribution in [3.63, 3.8) is 0 Å². The lowest BCUT2D eigenvalue weighted by molar-refractivity contribution is 0.328. The van der Waals surface area contributed by atoms with Crippen molar-refractivity contribution in [2.75, 3.05) is 11.9 Å². The molecule has 0 aliphatic heterocycles. The molecule has 5 heteroatoms. The van der Waals surface area contributed by atoms with Crippen molar-refractivity contribution in [3.05, 3.63) is 35.3 Å². The van der Waals surface area contributed by atoms with Gasteiger partial charge in [0.05, 0.1) is 18.0 Å². The van der Waals surface area contributed by atoms with Crippen molar-refractivity contribution in [2.24, 2.45) is 7.05 Å². The highest BCUT2D eigenvalue weighted by atomic mass is 16.5. The van der Waals surface area contributed by atoms with E-state index in [2.05, 4.69) is 22.3 Å². The maximum Gasteiger partial charge on any atom is 0.237 e. The molecule has 2 aromatic heterocycles. The van der Waals surface area contributed by atoms with E-state index in [0.29, 0.717) is 12.5 Å². The first-order chi connectivity index (χ1) is 9.13. The molecule has 0 unspecified atom stereocenters. The molecule has 2 heterocycles. The predicted molar refractivity (Wildman–Crippen MR) is 75.4 cm³/mol. The summed E-state index contributed by atoms with van der Waals surface area (Å²) < 4.78 is 7.40. The van der Waals surface area contributed by atoms with Crippen molar-refractivity contribution >= 4 is 5.69 Å². The number of aromatic nitrogens is 3. The van der Waals surface area contributed by atoms with Gasteiger partial charge in [-0.2, -0.15) is 5.10 Å². The van der Waals surface area contributed by atoms with Crippen LogP contribution >= 0.6 is 0 Å². The summed E-state index contributed by atoms with van der Waals surface area (Å²) in [6.45, 7) is 7.38. The normalized spacial score (nSPS) is 10.5. The molecule has 0 radical (unpaired) electrons. The van der Waals surface area contributed by atoms with Crippen molar-refractivity contribution in [3.8, 4) is 5.88 Å². The van der Waals surface area contributed by atoms with Gasteiger partial charge < -0.3 is 10.1 Å². The SMILES string of the molecule is CCOc1ncccc1NCc1c(C)nn(C)c1C. The number of nitrogens with one attached hydrogen (secondary N) is 1. The maximum absolute atomic E-state index is 5.50. The molecule has 2 rings (SSSR count). The first-order valence-corrected chi connectivity index (χ1v) is 6.44. The molecule has 5 nitrogen and oxygen atoms in total. The molecule has 0 aliphatic rings. The van der Waals surface area contributed by atoms with Gasteiger partial charge in [0.1, 0.15) is 0 Å². The van der Waals surface area contributed by atoms with Crippen LogP contribution in [0, 0.1) is 13.8 Å². The average molecular weight is 260 g/mol. The summed E-state index contributed by atoms with van der Waals surface area (Å²) in [6, 6.07) is 3.87. The Labute approximate surface area is 113 Å². The number of aryl methyl sites for hydroxylation is 2. The number of pyridine rings is 1. The maximum atomic E-state index is 5.50. The molecular formula is C14H20N4O. The Kier molecular flexibility index (Phi) is 4.04. The van der Waals surface area contributed by atoms with Gasteiger partial charge in [0, 0.05) is 31.0 Å². The lowest BCUT2D eigenvalue weighted by atomic mass is 10.2. The second kappa shape index (κ2) is 5.73. The lowest BCUT2D eigenvalue weighted by Crippen LogP contribution is -2.05. The van der Waals surface area contributed by atoms with Crippen LogP contribution in [-0.2, 0) is 13.6 Å². The average Bonchev–Trinajstić information content (AvgIpc) is 2.63. The van der Waals surface area contributed by atoms with E-state index in [1.807, 2.05) is 37.7 Å². The van der Waals surface area contributed by atoms with Gasteiger partial charge in [-0.15, -0.1) is 0 Å². The fourth-order valence-electron chi connectivity index (χ4n) is 2.03. The van der Waals surface area contributed by atoms with Gasteiger partial charge >= 0.3 is 0 Å². The van der Waals surface area contributed by atoms with Gasteiger partial charge in [-0.1, -0.05) is 0 Å². The molecule has 0 fully saturated rings. The number of hydrogen-bond acceptors (Lipinski definition) is 4. The molecule has 0 aromatic carbocycles. The second-order valence-electron chi connectivity index (χ2n) is 4.42. The van der Waals surface area contributed by atoms with Crippen LogP contribution in [0.25, 0.3) is 0 Å². The van der Waals surface area contributed by atoms with Crippen molar-refractivity contribution in [1.29, 1.82) is 0 Å². The summed E-state index contributed by atoms with van der Waals surface area (Å²) >= 11 is 0. The molecule has 102 valence electrons. The number of rotatable bonds is 5. The molecule has 2 aromatic rings. The van der Waals surface area contributed by atoms with E-state index in [-0.39, 0.29) is 0 Å². The summed E-state index contributed by atoms with van der Waals surface area (Å²) in [4.78, 5) is 4.23. The summed E-state index contributed by atoms with van der Waals surface area (Å²) in [6.07, 6.45) is 1.73. The number of anilines is 1. The summed E-state index contributed by atoms with van der Waals surface area (Å²) in [7, 11) is 1.96. The molecule has 19 heavy (non-hydrogen) atoms. The zero-order valence-corrected chi connectivity index (χ0v) is 11.9. The smallest absolute Gasteiger partial charge is 0.237 e. The molecular weight excluding hydrogens is 240 g/mol. The van der Waals surface area contributed by atoms with E-state index in [1.54, 1.807) is 6.20 Å². The Morgan fingerprint density at radius 1 is 1.37 bits per heavy atom. The Morgan fingerprint density at radius 3 is 2.79 bits per heavy atom. The second-order valence-corrected chi connectivity index (χ2v) is 4.42. The van der Waals surface area contributed by atoms with Crippen LogP contribution in [0.5, 0.6) is 5.88 Å². The van der Waals surface area contributed by atoms with Crippen LogP contribution in [0.4, 0.5) is 5.69 Å². The third kappa shape index (κ3) is 2.86. The molecule has 0 saturated carbocycles. The number of nitrogens with zero attached hydrogens (tertiary/aromatic N) is 3. The zero-order chi connectivity index (χ0) is 13.8. The van der Waals surface area contributed by atoms with E-state index in [1.165, 1.54) is 11.3 Å². The predicted octanol–water partition coefficient (Wildman–Crippen LogP) is 2.44. The van der Waals surface area contributed by atoms with Crippen molar-refractivity contribution in [1.82, 2.24) is 14.8 Å². The van der Waals surface area contributed by atoms with Crippen molar-refractivity contribution < 1.29 is 4.74 Å². The fraction of sp³-hybridized carbons (Fsp3) is 0.429. The van der Waals surface area contributed by atoms with Gasteiger partial charge in [-0.05, 0) is 32.9 Å². The van der Waals surface area contributed by atoms with Crippen LogP contribution in [-0.4, -0.2) is 21.4 Å². The fourth-order valence-corrected chi connectivity index (χ4v) is 2.03. The van der Waals surface area contributed by atoms with Crippen LogP contribution in [0.2, 0.25) is 0 Å². The standard InChI is InChI=1S/C14H20N4O/c1-5-19-14-13(7-6-8-15-14)16-9-12-10(2)17-18(4)11(12)3/h6-8,16H,5,9H2,1-4H3. The summed E-state index contributed by atoms with van der Waals surface area (Å²) in [5, 5.41) is 7.78. The third-order valence-electron chi connectivity index (χ3n) is 3.17. The van der Waals surface area contributed by atoms with Crippen LogP contribution < -0.4 is 10.1 Å². The Balaban J connectivity index is 2.14. The number of ether oxygens (including phenoxy) is 1. The molecule has 0 saturated heterocycles. The van der Waals surface area contributed by atoms with Gasteiger partial charge in [0.15, 0.2) is 0 Å². The Morgan fingerprint density at radius 2 is 2.16 bits per heavy atom. The topological polar surface area (TPSA) is 52.0 Å². The minimum absolute atomic E-state index is 0.608. The highest BCUT2D eigenvalue weighted by Gasteiger charge is 2.10. The minimum atomic E-state index is 0.608. The van der Waals surface area contributed by atoms with E-state index in [0.717, 1.165) is 17.9 Å². The van der Waals surface area contributed by atoms with Gasteiger partial charge in [0.25, 0.3) is 0 Å². The summed E-state index contributed by atoms with van der Waals surface area (Å²) in [5.74, 6) is 0.643. The number of hydrogen-bond donors (Lipinski definition) is 1. The molecule has 0 amide bonds. The van der Waals surface area contributed by atoms with E-state index in [4.69, 9.17) is 4.74 Å². The first kappa shape index (κ1) is 13.4. The Hall–Kier alpha value is -2.04. The highest BCUT2D eigenvalue weighted by Crippen LogP contribution is 2.22. The molecule has 0 aliphatic carbocycles. The van der Waals surface area contributed by atoms with Gasteiger partial charge in [0.2, 0.25) is 5.88 Å². The largest absolute Gasteiger partial charge is 0.476 e. The molecule has 0 atom stereocenters. The van der Waals surface area contributed by atoms with Crippen LogP contribution in [0.3, 0.4) is 0 Å². The van der Waals surface area contributed by atoms with Gasteiger partial charge in [-0.25, -0.2) is 4.98 Å². The molecule has 0 spiro atoms. The van der Waals surface area contributed by atoms with E-state index < -0.39 is 0 Å². The first-order valence-electron chi connectivity index (χ1n) is 6.44. The van der Waals surface area contributed by atoms with Crippen LogP contribution in [0.15, 0.2) is 18.3 Å². The van der Waals surface area contributed by atoms with E-state index >= 15 is 0 Å². The third-order valence-corrected chi connectivity index (χ3v) is 3.17. The van der Waals surface area contributed by atoms with E-state index in [9.17, 15) is 0 Å². The van der Waals surface area contributed by atoms with Gasteiger partial charge in [-0.3, -0.25) is 4.68 Å². The summed E-state index contributed by atoms with van der Waals surface area (Å²) in [5.41, 5.74) is 4.35. The molecule has 1 N–H and O–H groups in total. The van der Waals surface area contributed by atoms with Crippen LogP contribution in [0.1, 0.15) is 23.9 Å². The molecule has 0 bridgehead atoms. The minimum Gasteiger partial charge on any atom is -0.476 e. The quantitative estimate of drug-likeness (QED) is 0.897. The monoisotopic (exact) mass is 260 g/mol. The highest BCUT2D eigenvalue weighted by molar-refractivity contribution is 5.52. The Bertz CT molecular complexity index is 563. The zero-order valence-electron chi connectivity index (χ0n) is 11.9. The lowest BCUT2D eigenvalue weighted by Gasteiger charge is -2.11. The van der Waals surface area contributed by atoms with Crippen molar-refractivity contribution in [2.45, 2.75) is 27.3 Å².